The van der Waals surface area contributed by atoms with Crippen molar-refractivity contribution < 1.29 is 4.39 Å². The molecule has 0 aliphatic heterocycles. The number of hydrogen-bond acceptors (Lipinski definition) is 3. The van der Waals surface area contributed by atoms with Crippen LogP contribution in [0.3, 0.4) is 0 Å². The molecular formula is C12H14BrFN4. The Balaban J connectivity index is 2.35. The molecule has 1 aromatic carbocycles. The fraction of sp³-hybridized carbons (Fsp3) is 0.333. The van der Waals surface area contributed by atoms with Gasteiger partial charge in [0.2, 0.25) is 0 Å². The lowest BCUT2D eigenvalue weighted by molar-refractivity contribution is 0.533. The van der Waals surface area contributed by atoms with E-state index in [-0.39, 0.29) is 5.82 Å². The molecule has 0 aliphatic rings. The Labute approximate surface area is 113 Å². The first-order valence-corrected chi connectivity index (χ1v) is 6.51. The summed E-state index contributed by atoms with van der Waals surface area (Å²) in [5, 5.41) is 7.79. The smallest absolute Gasteiger partial charge is 0.129 e. The molecule has 0 saturated heterocycles. The number of nitrogens with two attached hydrogens (primary N) is 1. The fourth-order valence-electron chi connectivity index (χ4n) is 1.81. The van der Waals surface area contributed by atoms with Crippen LogP contribution in [0.2, 0.25) is 0 Å². The Morgan fingerprint density at radius 3 is 2.94 bits per heavy atom. The lowest BCUT2D eigenvalue weighted by Gasteiger charge is -2.14. The summed E-state index contributed by atoms with van der Waals surface area (Å²) in [4.78, 5) is 0. The molecule has 1 unspecified atom stereocenters. The Hall–Kier alpha value is -1.27. The van der Waals surface area contributed by atoms with Gasteiger partial charge in [-0.2, -0.15) is 0 Å². The van der Waals surface area contributed by atoms with E-state index in [1.165, 1.54) is 6.07 Å². The second-order valence-corrected chi connectivity index (χ2v) is 4.94. The van der Waals surface area contributed by atoms with Crippen molar-refractivity contribution in [3.05, 3.63) is 45.9 Å². The van der Waals surface area contributed by atoms with Gasteiger partial charge in [0, 0.05) is 16.6 Å². The average molecular weight is 313 g/mol. The highest BCUT2D eigenvalue weighted by molar-refractivity contribution is 9.10. The third-order valence-electron chi connectivity index (χ3n) is 2.70. The van der Waals surface area contributed by atoms with Crippen molar-refractivity contribution >= 4 is 15.9 Å². The highest BCUT2D eigenvalue weighted by atomic mass is 79.9. The van der Waals surface area contributed by atoms with E-state index < -0.39 is 6.04 Å². The van der Waals surface area contributed by atoms with Crippen LogP contribution in [0.4, 0.5) is 4.39 Å². The second-order valence-electron chi connectivity index (χ2n) is 4.03. The molecule has 1 atom stereocenters. The van der Waals surface area contributed by atoms with Crippen LogP contribution in [-0.4, -0.2) is 15.0 Å². The van der Waals surface area contributed by atoms with Crippen LogP contribution >= 0.6 is 15.9 Å². The molecule has 2 rings (SSSR count). The molecule has 0 spiro atoms. The maximum absolute atomic E-state index is 13.9. The molecule has 96 valence electrons. The highest BCUT2D eigenvalue weighted by Crippen LogP contribution is 2.24. The van der Waals surface area contributed by atoms with Crippen molar-refractivity contribution in [2.75, 3.05) is 0 Å². The highest BCUT2D eigenvalue weighted by Gasteiger charge is 2.18. The third-order valence-corrected chi connectivity index (χ3v) is 3.19. The average Bonchev–Trinajstić information content (AvgIpc) is 2.77. The summed E-state index contributed by atoms with van der Waals surface area (Å²) in [6.07, 6.45) is 2.51. The van der Waals surface area contributed by atoms with Crippen molar-refractivity contribution in [1.29, 1.82) is 0 Å². The topological polar surface area (TPSA) is 56.7 Å². The number of nitrogens with zero attached hydrogens (tertiary/aromatic N) is 3. The normalized spacial score (nSPS) is 12.7. The van der Waals surface area contributed by atoms with Gasteiger partial charge in [-0.3, -0.25) is 0 Å². The lowest BCUT2D eigenvalue weighted by atomic mass is 10.0. The second kappa shape index (κ2) is 5.58. The molecule has 2 aromatic rings. The predicted octanol–water partition coefficient (Wildman–Crippen LogP) is 2.64. The number of hydrogen-bond donors (Lipinski definition) is 1. The first kappa shape index (κ1) is 13.2. The van der Waals surface area contributed by atoms with Crippen LogP contribution in [-0.2, 0) is 6.54 Å². The molecule has 0 saturated carbocycles. The number of rotatable bonds is 4. The Morgan fingerprint density at radius 1 is 1.50 bits per heavy atom. The van der Waals surface area contributed by atoms with E-state index in [4.69, 9.17) is 5.73 Å². The van der Waals surface area contributed by atoms with Crippen molar-refractivity contribution in [2.45, 2.75) is 25.9 Å². The number of aryl methyl sites for hydroxylation is 1. The van der Waals surface area contributed by atoms with E-state index in [2.05, 4.69) is 26.2 Å². The Kier molecular flexibility index (Phi) is 4.08. The minimum absolute atomic E-state index is 0.332. The van der Waals surface area contributed by atoms with E-state index in [0.29, 0.717) is 10.0 Å². The van der Waals surface area contributed by atoms with Gasteiger partial charge < -0.3 is 5.73 Å². The molecular weight excluding hydrogens is 299 g/mol. The SMILES string of the molecule is CCCn1nncc1C(N)c1ccc(Br)cc1F. The van der Waals surface area contributed by atoms with Gasteiger partial charge in [-0.25, -0.2) is 9.07 Å². The summed E-state index contributed by atoms with van der Waals surface area (Å²) in [6, 6.07) is 4.29. The van der Waals surface area contributed by atoms with Crippen molar-refractivity contribution in [3.63, 3.8) is 0 Å². The largest absolute Gasteiger partial charge is 0.319 e. The van der Waals surface area contributed by atoms with Crippen molar-refractivity contribution in [2.24, 2.45) is 5.73 Å². The molecule has 6 heteroatoms. The molecule has 1 heterocycles. The van der Waals surface area contributed by atoms with Gasteiger partial charge in [0.15, 0.2) is 0 Å². The summed E-state index contributed by atoms with van der Waals surface area (Å²) in [7, 11) is 0. The van der Waals surface area contributed by atoms with E-state index >= 15 is 0 Å². The van der Waals surface area contributed by atoms with Gasteiger partial charge in [-0.1, -0.05) is 34.1 Å². The minimum Gasteiger partial charge on any atom is -0.319 e. The molecule has 0 amide bonds. The molecule has 18 heavy (non-hydrogen) atoms. The molecule has 0 fully saturated rings. The summed E-state index contributed by atoms with van der Waals surface area (Å²) < 4.78 is 16.3. The quantitative estimate of drug-likeness (QED) is 0.944. The van der Waals surface area contributed by atoms with Gasteiger partial charge in [0.1, 0.15) is 5.82 Å². The third kappa shape index (κ3) is 2.59. The van der Waals surface area contributed by atoms with Crippen molar-refractivity contribution in [3.8, 4) is 0 Å². The van der Waals surface area contributed by atoms with Crippen LogP contribution in [0.1, 0.15) is 30.6 Å². The van der Waals surface area contributed by atoms with Gasteiger partial charge >= 0.3 is 0 Å². The van der Waals surface area contributed by atoms with Crippen molar-refractivity contribution in [1.82, 2.24) is 15.0 Å². The molecule has 0 radical (unpaired) electrons. The summed E-state index contributed by atoms with van der Waals surface area (Å²) in [5.41, 5.74) is 7.25. The fourth-order valence-corrected chi connectivity index (χ4v) is 2.14. The first-order valence-electron chi connectivity index (χ1n) is 5.72. The Bertz CT molecular complexity index is 541. The van der Waals surface area contributed by atoms with Crippen LogP contribution in [0.25, 0.3) is 0 Å². The van der Waals surface area contributed by atoms with E-state index in [1.807, 2.05) is 6.92 Å². The maximum atomic E-state index is 13.9. The maximum Gasteiger partial charge on any atom is 0.129 e. The van der Waals surface area contributed by atoms with E-state index in [1.54, 1.807) is 23.0 Å². The molecule has 4 nitrogen and oxygen atoms in total. The molecule has 2 N–H and O–H groups in total. The van der Waals surface area contributed by atoms with Crippen LogP contribution in [0, 0.1) is 5.82 Å². The van der Waals surface area contributed by atoms with Crippen LogP contribution in [0.5, 0.6) is 0 Å². The first-order chi connectivity index (χ1) is 8.63. The van der Waals surface area contributed by atoms with E-state index in [9.17, 15) is 4.39 Å². The van der Waals surface area contributed by atoms with Gasteiger partial charge in [0.25, 0.3) is 0 Å². The van der Waals surface area contributed by atoms with E-state index in [0.717, 1.165) is 18.7 Å². The van der Waals surface area contributed by atoms with Gasteiger partial charge in [-0.05, 0) is 18.6 Å². The van der Waals surface area contributed by atoms with Gasteiger partial charge in [0.05, 0.1) is 17.9 Å². The minimum atomic E-state index is -0.556. The van der Waals surface area contributed by atoms with Crippen LogP contribution < -0.4 is 5.73 Å². The summed E-state index contributed by atoms with van der Waals surface area (Å²) in [6.45, 7) is 2.76. The number of aromatic nitrogens is 3. The zero-order valence-corrected chi connectivity index (χ0v) is 11.6. The predicted molar refractivity (Wildman–Crippen MR) is 70.4 cm³/mol. The molecule has 0 aliphatic carbocycles. The lowest BCUT2D eigenvalue weighted by Crippen LogP contribution is -2.18. The molecule has 0 bridgehead atoms. The Morgan fingerprint density at radius 2 is 2.28 bits per heavy atom. The van der Waals surface area contributed by atoms with Crippen LogP contribution in [0.15, 0.2) is 28.9 Å². The zero-order valence-electron chi connectivity index (χ0n) is 9.98. The zero-order chi connectivity index (χ0) is 13.1. The monoisotopic (exact) mass is 312 g/mol. The standard InChI is InChI=1S/C12H14BrFN4/c1-2-5-18-11(7-16-17-18)12(15)9-4-3-8(13)6-10(9)14/h3-4,6-7,12H,2,5,15H2,1H3. The summed E-state index contributed by atoms with van der Waals surface area (Å²) in [5.74, 6) is -0.332. The summed E-state index contributed by atoms with van der Waals surface area (Å²) >= 11 is 3.22. The molecule has 1 aromatic heterocycles. The number of benzene rings is 1. The number of halogens is 2. The van der Waals surface area contributed by atoms with Gasteiger partial charge in [-0.15, -0.1) is 5.10 Å².